The van der Waals surface area contributed by atoms with E-state index in [-0.39, 0.29) is 17.6 Å². The van der Waals surface area contributed by atoms with E-state index < -0.39 is 5.54 Å². The molecule has 0 bridgehead atoms. The van der Waals surface area contributed by atoms with E-state index in [1.165, 1.54) is 11.1 Å². The molecule has 0 heterocycles. The fraction of sp³-hybridized carbons (Fsp3) is 0.250. The first-order valence-electron chi connectivity index (χ1n) is 15.1. The first-order chi connectivity index (χ1) is 21.0. The van der Waals surface area contributed by atoms with Gasteiger partial charge in [-0.3, -0.25) is 19.6 Å². The van der Waals surface area contributed by atoms with Gasteiger partial charge in [-0.15, -0.1) is 0 Å². The molecule has 2 atom stereocenters. The van der Waals surface area contributed by atoms with Crippen molar-refractivity contribution >= 4 is 23.0 Å². The number of nitrogens with zero attached hydrogens (tertiary/aromatic N) is 2. The van der Waals surface area contributed by atoms with E-state index in [9.17, 15) is 9.59 Å². The standard InChI is InChI=1S/C23H27NO.C17H17NO/c1-17(2)18(3)16-23(5,19(4)25)24-22(20-12-8-6-9-13-20)21-14-10-7-11-15-21;1-13(14(2)19)18-17(15-9-5-3-6-10-15)16-11-7-4-8-12-16/h6-15H,16H2,1-5H3;3-13H,1-2H3. The Balaban J connectivity index is 0.000000249. The maximum atomic E-state index is 12.5. The summed E-state index contributed by atoms with van der Waals surface area (Å²) in [5, 5.41) is 0. The zero-order valence-electron chi connectivity index (χ0n) is 27.0. The number of Topliss-reactive ketones (excluding diaryl/α,β-unsaturated/α-hetero) is 2. The highest BCUT2D eigenvalue weighted by molar-refractivity contribution is 6.14. The van der Waals surface area contributed by atoms with Crippen molar-refractivity contribution in [1.29, 1.82) is 0 Å². The van der Waals surface area contributed by atoms with Crippen molar-refractivity contribution in [3.8, 4) is 0 Å². The number of benzene rings is 4. The van der Waals surface area contributed by atoms with Crippen molar-refractivity contribution in [3.05, 3.63) is 155 Å². The van der Waals surface area contributed by atoms with Crippen LogP contribution in [0.25, 0.3) is 0 Å². The lowest BCUT2D eigenvalue weighted by molar-refractivity contribution is -0.121. The topological polar surface area (TPSA) is 58.9 Å². The van der Waals surface area contributed by atoms with E-state index in [2.05, 4.69) is 25.8 Å². The lowest BCUT2D eigenvalue weighted by atomic mass is 9.87. The van der Waals surface area contributed by atoms with Crippen LogP contribution >= 0.6 is 0 Å². The van der Waals surface area contributed by atoms with Gasteiger partial charge in [0.2, 0.25) is 0 Å². The van der Waals surface area contributed by atoms with Gasteiger partial charge < -0.3 is 0 Å². The lowest BCUT2D eigenvalue weighted by Crippen LogP contribution is -2.33. The van der Waals surface area contributed by atoms with Gasteiger partial charge in [-0.1, -0.05) is 132 Å². The molecule has 0 aliphatic heterocycles. The van der Waals surface area contributed by atoms with Crippen LogP contribution < -0.4 is 0 Å². The molecule has 0 aliphatic carbocycles. The van der Waals surface area contributed by atoms with Gasteiger partial charge in [-0.25, -0.2) is 0 Å². The Labute approximate surface area is 263 Å². The molecule has 0 amide bonds. The predicted octanol–water partition coefficient (Wildman–Crippen LogP) is 9.12. The zero-order valence-corrected chi connectivity index (χ0v) is 27.0. The largest absolute Gasteiger partial charge is 0.298 e. The van der Waals surface area contributed by atoms with Crippen molar-refractivity contribution in [3.63, 3.8) is 0 Å². The normalized spacial score (nSPS) is 12.3. The molecule has 4 aromatic carbocycles. The molecule has 0 radical (unpaired) electrons. The summed E-state index contributed by atoms with van der Waals surface area (Å²) in [4.78, 5) is 33.5. The molecule has 44 heavy (non-hydrogen) atoms. The first kappa shape index (κ1) is 33.8. The van der Waals surface area contributed by atoms with Crippen molar-refractivity contribution in [2.75, 3.05) is 0 Å². The minimum atomic E-state index is -0.775. The summed E-state index contributed by atoms with van der Waals surface area (Å²) in [6, 6.07) is 39.7. The maximum absolute atomic E-state index is 12.5. The number of rotatable bonds is 10. The summed E-state index contributed by atoms with van der Waals surface area (Å²) in [5.41, 5.74) is 7.51. The number of ketones is 2. The number of hydrogen-bond acceptors (Lipinski definition) is 4. The van der Waals surface area contributed by atoms with E-state index in [1.807, 2.05) is 135 Å². The van der Waals surface area contributed by atoms with Gasteiger partial charge >= 0.3 is 0 Å². The summed E-state index contributed by atoms with van der Waals surface area (Å²) in [5.74, 6) is 0.154. The summed E-state index contributed by atoms with van der Waals surface area (Å²) in [6.07, 6.45) is 0.633. The number of hydrogen-bond donors (Lipinski definition) is 0. The second kappa shape index (κ2) is 16.2. The minimum Gasteiger partial charge on any atom is -0.298 e. The van der Waals surface area contributed by atoms with Gasteiger partial charge in [0, 0.05) is 28.7 Å². The van der Waals surface area contributed by atoms with E-state index in [1.54, 1.807) is 13.8 Å². The van der Waals surface area contributed by atoms with Gasteiger partial charge in [0.25, 0.3) is 0 Å². The maximum Gasteiger partial charge on any atom is 0.157 e. The molecule has 2 unspecified atom stereocenters. The Morgan fingerprint density at radius 1 is 0.591 bits per heavy atom. The van der Waals surface area contributed by atoms with E-state index >= 15 is 0 Å². The lowest BCUT2D eigenvalue weighted by Gasteiger charge is -2.25. The molecular formula is C40H44N2O2. The second-order valence-corrected chi connectivity index (χ2v) is 11.5. The van der Waals surface area contributed by atoms with Crippen molar-refractivity contribution < 1.29 is 9.59 Å². The third kappa shape index (κ3) is 9.67. The van der Waals surface area contributed by atoms with E-state index in [4.69, 9.17) is 4.99 Å². The van der Waals surface area contributed by atoms with Crippen molar-refractivity contribution in [2.24, 2.45) is 9.98 Å². The Hall–Kier alpha value is -4.70. The molecule has 0 saturated carbocycles. The molecule has 0 aromatic heterocycles. The quantitative estimate of drug-likeness (QED) is 0.138. The van der Waals surface area contributed by atoms with Gasteiger partial charge in [0.05, 0.1) is 11.4 Å². The van der Waals surface area contributed by atoms with Crippen LogP contribution in [0, 0.1) is 0 Å². The zero-order chi connectivity index (χ0) is 32.1. The molecule has 4 rings (SSSR count). The predicted molar refractivity (Wildman–Crippen MR) is 185 cm³/mol. The Bertz CT molecular complexity index is 1520. The Kier molecular flexibility index (Phi) is 12.5. The fourth-order valence-corrected chi connectivity index (χ4v) is 4.46. The molecule has 226 valence electrons. The number of aliphatic imine (C=N–C) groups is 2. The third-order valence-corrected chi connectivity index (χ3v) is 7.68. The number of carbonyl (C=O) groups is 2. The van der Waals surface area contributed by atoms with Crippen LogP contribution in [0.2, 0.25) is 0 Å². The van der Waals surface area contributed by atoms with Gasteiger partial charge in [-0.2, -0.15) is 0 Å². The van der Waals surface area contributed by atoms with Crippen LogP contribution in [0.4, 0.5) is 0 Å². The highest BCUT2D eigenvalue weighted by atomic mass is 16.1. The number of allylic oxidation sites excluding steroid dienone is 1. The molecule has 4 aromatic rings. The van der Waals surface area contributed by atoms with E-state index in [0.717, 1.165) is 33.7 Å². The van der Waals surface area contributed by atoms with Crippen LogP contribution in [0.15, 0.2) is 142 Å². The average Bonchev–Trinajstić information content (AvgIpc) is 3.04. The highest BCUT2D eigenvalue weighted by Crippen LogP contribution is 2.26. The first-order valence-corrected chi connectivity index (χ1v) is 15.1. The molecule has 0 fully saturated rings. The minimum absolute atomic E-state index is 0.0735. The van der Waals surface area contributed by atoms with Crippen molar-refractivity contribution in [1.82, 2.24) is 0 Å². The average molecular weight is 585 g/mol. The highest BCUT2D eigenvalue weighted by Gasteiger charge is 2.31. The van der Waals surface area contributed by atoms with Crippen molar-refractivity contribution in [2.45, 2.75) is 66.5 Å². The SMILES string of the molecule is CC(=O)C(C)(CC(C)=C(C)C)N=C(c1ccccc1)c1ccccc1.CC(=O)C(C)N=C(c1ccccc1)c1ccccc1. The molecule has 0 saturated heterocycles. The van der Waals surface area contributed by atoms with Gasteiger partial charge in [0.15, 0.2) is 11.6 Å². The molecular weight excluding hydrogens is 540 g/mol. The molecule has 0 spiro atoms. The summed E-state index contributed by atoms with van der Waals surface area (Å²) >= 11 is 0. The monoisotopic (exact) mass is 584 g/mol. The molecule has 4 nitrogen and oxygen atoms in total. The van der Waals surface area contributed by atoms with Crippen LogP contribution in [0.1, 0.15) is 77.1 Å². The summed E-state index contributed by atoms with van der Waals surface area (Å²) in [6.45, 7) is 13.2. The smallest absolute Gasteiger partial charge is 0.157 e. The second-order valence-electron chi connectivity index (χ2n) is 11.5. The van der Waals surface area contributed by atoms with Crippen LogP contribution in [-0.2, 0) is 9.59 Å². The van der Waals surface area contributed by atoms with Crippen LogP contribution in [0.5, 0.6) is 0 Å². The number of carbonyl (C=O) groups excluding carboxylic acids is 2. The molecule has 0 N–H and O–H groups in total. The Morgan fingerprint density at radius 2 is 0.932 bits per heavy atom. The van der Waals surface area contributed by atoms with Crippen LogP contribution in [-0.4, -0.2) is 34.6 Å². The van der Waals surface area contributed by atoms with E-state index in [0.29, 0.717) is 6.42 Å². The fourth-order valence-electron chi connectivity index (χ4n) is 4.46. The molecule has 0 aliphatic rings. The summed E-state index contributed by atoms with van der Waals surface area (Å²) in [7, 11) is 0. The summed E-state index contributed by atoms with van der Waals surface area (Å²) < 4.78 is 0. The molecule has 4 heteroatoms. The third-order valence-electron chi connectivity index (χ3n) is 7.68. The van der Waals surface area contributed by atoms with Gasteiger partial charge in [0.1, 0.15) is 11.6 Å². The Morgan fingerprint density at radius 3 is 1.23 bits per heavy atom. The van der Waals surface area contributed by atoms with Gasteiger partial charge in [-0.05, 0) is 48.5 Å². The van der Waals surface area contributed by atoms with Crippen LogP contribution in [0.3, 0.4) is 0 Å².